The lowest BCUT2D eigenvalue weighted by Crippen LogP contribution is -2.32. The number of sulfonamides is 1. The van der Waals surface area contributed by atoms with Crippen molar-refractivity contribution < 1.29 is 13.2 Å². The molecule has 0 fully saturated rings. The van der Waals surface area contributed by atoms with E-state index in [1.54, 1.807) is 19.1 Å². The summed E-state index contributed by atoms with van der Waals surface area (Å²) in [6.07, 6.45) is -0.141. The Bertz CT molecular complexity index is 502. The molecule has 1 aromatic rings. The van der Waals surface area contributed by atoms with Crippen LogP contribution in [0.15, 0.2) is 27.6 Å². The van der Waals surface area contributed by atoms with E-state index in [0.29, 0.717) is 11.5 Å². The third-order valence-electron chi connectivity index (χ3n) is 2.45. The molecule has 0 heterocycles. The highest BCUT2D eigenvalue weighted by atomic mass is 79.9. The zero-order valence-electron chi connectivity index (χ0n) is 10.7. The molecule has 1 unspecified atom stereocenters. The molecule has 0 aromatic heterocycles. The van der Waals surface area contributed by atoms with Crippen LogP contribution < -0.4 is 4.72 Å². The number of nitrogens with one attached hydrogen (secondary N) is 1. The summed E-state index contributed by atoms with van der Waals surface area (Å²) in [6, 6.07) is 5.19. The van der Waals surface area contributed by atoms with Crippen LogP contribution in [-0.4, -0.2) is 27.7 Å². The predicted molar refractivity (Wildman–Crippen MR) is 75.2 cm³/mol. The molecule has 0 aliphatic heterocycles. The molecule has 0 bridgehead atoms. The van der Waals surface area contributed by atoms with E-state index in [2.05, 4.69) is 20.7 Å². The summed E-state index contributed by atoms with van der Waals surface area (Å²) >= 11 is 3.28. The lowest BCUT2D eigenvalue weighted by Gasteiger charge is -2.14. The van der Waals surface area contributed by atoms with E-state index >= 15 is 0 Å². The summed E-state index contributed by atoms with van der Waals surface area (Å²) in [5, 5.41) is 0. The molecule has 6 heteroatoms. The highest BCUT2D eigenvalue weighted by molar-refractivity contribution is 9.10. The van der Waals surface area contributed by atoms with Crippen LogP contribution in [0.1, 0.15) is 19.4 Å². The van der Waals surface area contributed by atoms with Gasteiger partial charge in [0.15, 0.2) is 0 Å². The molecular weight excluding hydrogens is 318 g/mol. The van der Waals surface area contributed by atoms with E-state index in [0.717, 1.165) is 10.0 Å². The number of halogens is 1. The normalized spacial score (nSPS) is 13.6. The van der Waals surface area contributed by atoms with Crippen LogP contribution in [0.5, 0.6) is 0 Å². The fourth-order valence-corrected chi connectivity index (χ4v) is 3.41. The fourth-order valence-electron chi connectivity index (χ4n) is 1.51. The number of hydrogen-bond acceptors (Lipinski definition) is 3. The van der Waals surface area contributed by atoms with Gasteiger partial charge in [-0.05, 0) is 38.5 Å². The zero-order chi connectivity index (χ0) is 13.8. The van der Waals surface area contributed by atoms with Crippen molar-refractivity contribution >= 4 is 26.0 Å². The van der Waals surface area contributed by atoms with Crippen LogP contribution in [0.3, 0.4) is 0 Å². The molecule has 0 aliphatic rings. The Morgan fingerprint density at radius 1 is 1.44 bits per heavy atom. The maximum absolute atomic E-state index is 12.1. The summed E-state index contributed by atoms with van der Waals surface area (Å²) in [5.74, 6) is 0. The molecule has 4 nitrogen and oxygen atoms in total. The molecular formula is C12H18BrNO3S. The van der Waals surface area contributed by atoms with Gasteiger partial charge < -0.3 is 4.74 Å². The third kappa shape index (κ3) is 4.35. The van der Waals surface area contributed by atoms with Crippen LogP contribution in [0.4, 0.5) is 0 Å². The Morgan fingerprint density at radius 3 is 2.72 bits per heavy atom. The second-order valence-electron chi connectivity index (χ2n) is 4.03. The first-order valence-electron chi connectivity index (χ1n) is 5.74. The zero-order valence-corrected chi connectivity index (χ0v) is 13.1. The quantitative estimate of drug-likeness (QED) is 0.868. The number of ether oxygens (including phenoxy) is 1. The van der Waals surface area contributed by atoms with Gasteiger partial charge in [0.2, 0.25) is 10.0 Å². The predicted octanol–water partition coefficient (Wildman–Crippen LogP) is 2.46. The van der Waals surface area contributed by atoms with Gasteiger partial charge in [0, 0.05) is 17.6 Å². The molecule has 1 N–H and O–H groups in total. The van der Waals surface area contributed by atoms with Gasteiger partial charge >= 0.3 is 0 Å². The first-order valence-corrected chi connectivity index (χ1v) is 8.02. The van der Waals surface area contributed by atoms with E-state index in [4.69, 9.17) is 4.74 Å². The van der Waals surface area contributed by atoms with Gasteiger partial charge in [-0.3, -0.25) is 0 Å². The molecule has 0 radical (unpaired) electrons. The molecule has 0 saturated heterocycles. The number of hydrogen-bond donors (Lipinski definition) is 1. The standard InChI is InChI=1S/C12H18BrNO3S/c1-4-17-10(3)8-14-18(15,16)12-7-11(13)6-5-9(12)2/h5-7,10,14H,4,8H2,1-3H3. The van der Waals surface area contributed by atoms with Gasteiger partial charge in [-0.25, -0.2) is 13.1 Å². The Labute approximate surface area is 117 Å². The van der Waals surface area contributed by atoms with Crippen LogP contribution in [0, 0.1) is 6.92 Å². The number of benzene rings is 1. The monoisotopic (exact) mass is 335 g/mol. The van der Waals surface area contributed by atoms with Crippen molar-refractivity contribution in [3.63, 3.8) is 0 Å². The van der Waals surface area contributed by atoms with E-state index in [1.807, 2.05) is 19.9 Å². The highest BCUT2D eigenvalue weighted by Gasteiger charge is 2.17. The number of rotatable bonds is 6. The number of aryl methyl sites for hydroxylation is 1. The molecule has 18 heavy (non-hydrogen) atoms. The van der Waals surface area contributed by atoms with Crippen molar-refractivity contribution in [2.45, 2.75) is 31.8 Å². The van der Waals surface area contributed by atoms with Crippen LogP contribution >= 0.6 is 15.9 Å². The maximum atomic E-state index is 12.1. The summed E-state index contributed by atoms with van der Waals surface area (Å²) < 4.78 is 32.8. The van der Waals surface area contributed by atoms with Gasteiger partial charge in [0.05, 0.1) is 11.0 Å². The average Bonchev–Trinajstić information content (AvgIpc) is 2.30. The lowest BCUT2D eigenvalue weighted by atomic mass is 10.2. The van der Waals surface area contributed by atoms with Gasteiger partial charge in [-0.1, -0.05) is 22.0 Å². The molecule has 0 amide bonds. The minimum absolute atomic E-state index is 0.141. The van der Waals surface area contributed by atoms with Crippen molar-refractivity contribution in [3.05, 3.63) is 28.2 Å². The minimum atomic E-state index is -3.49. The third-order valence-corrected chi connectivity index (χ3v) is 4.51. The van der Waals surface area contributed by atoms with E-state index in [9.17, 15) is 8.42 Å². The van der Waals surface area contributed by atoms with Crippen molar-refractivity contribution in [1.82, 2.24) is 4.72 Å². The second kappa shape index (κ2) is 6.65. The molecule has 1 atom stereocenters. The van der Waals surface area contributed by atoms with Gasteiger partial charge in [-0.15, -0.1) is 0 Å². The van der Waals surface area contributed by atoms with Gasteiger partial charge in [-0.2, -0.15) is 0 Å². The van der Waals surface area contributed by atoms with E-state index in [-0.39, 0.29) is 12.6 Å². The summed E-state index contributed by atoms with van der Waals surface area (Å²) in [7, 11) is -3.49. The van der Waals surface area contributed by atoms with Crippen molar-refractivity contribution in [1.29, 1.82) is 0 Å². The summed E-state index contributed by atoms with van der Waals surface area (Å²) in [4.78, 5) is 0.292. The first-order chi connectivity index (χ1) is 8.36. The average molecular weight is 336 g/mol. The Kier molecular flexibility index (Phi) is 5.78. The van der Waals surface area contributed by atoms with Crippen molar-refractivity contribution in [2.24, 2.45) is 0 Å². The molecule has 1 aromatic carbocycles. The Balaban J connectivity index is 2.83. The maximum Gasteiger partial charge on any atom is 0.240 e. The second-order valence-corrected chi connectivity index (χ2v) is 6.68. The lowest BCUT2D eigenvalue weighted by molar-refractivity contribution is 0.0799. The Hall–Kier alpha value is -0.430. The largest absolute Gasteiger partial charge is 0.377 e. The molecule has 1 rings (SSSR count). The Morgan fingerprint density at radius 2 is 2.11 bits per heavy atom. The molecule has 0 aliphatic carbocycles. The van der Waals surface area contributed by atoms with Gasteiger partial charge in [0.25, 0.3) is 0 Å². The van der Waals surface area contributed by atoms with Crippen molar-refractivity contribution in [3.8, 4) is 0 Å². The van der Waals surface area contributed by atoms with Crippen LogP contribution in [0.25, 0.3) is 0 Å². The summed E-state index contributed by atoms with van der Waals surface area (Å²) in [5.41, 5.74) is 0.717. The minimum Gasteiger partial charge on any atom is -0.377 e. The topological polar surface area (TPSA) is 55.4 Å². The van der Waals surface area contributed by atoms with E-state index in [1.165, 1.54) is 0 Å². The molecule has 0 spiro atoms. The molecule has 0 saturated carbocycles. The first kappa shape index (κ1) is 15.6. The summed E-state index contributed by atoms with van der Waals surface area (Å²) in [6.45, 7) is 6.32. The fraction of sp³-hybridized carbons (Fsp3) is 0.500. The van der Waals surface area contributed by atoms with Crippen LogP contribution in [0.2, 0.25) is 0 Å². The smallest absolute Gasteiger partial charge is 0.240 e. The van der Waals surface area contributed by atoms with E-state index < -0.39 is 10.0 Å². The van der Waals surface area contributed by atoms with Crippen molar-refractivity contribution in [2.75, 3.05) is 13.2 Å². The van der Waals surface area contributed by atoms with Gasteiger partial charge in [0.1, 0.15) is 0 Å². The highest BCUT2D eigenvalue weighted by Crippen LogP contribution is 2.20. The van der Waals surface area contributed by atoms with Crippen LogP contribution in [-0.2, 0) is 14.8 Å². The SMILES string of the molecule is CCOC(C)CNS(=O)(=O)c1cc(Br)ccc1C. The molecule has 102 valence electrons.